The summed E-state index contributed by atoms with van der Waals surface area (Å²) in [5.74, 6) is 0. The molecule has 0 aliphatic heterocycles. The minimum atomic E-state index is 1.03. The number of fused-ring (bicyclic) bond motifs is 2. The van der Waals surface area contributed by atoms with Gasteiger partial charge in [-0.2, -0.15) is 0 Å². The molecular weight excluding hydrogens is 290 g/mol. The van der Waals surface area contributed by atoms with Gasteiger partial charge in [0.25, 0.3) is 0 Å². The number of benzene rings is 2. The van der Waals surface area contributed by atoms with E-state index in [-0.39, 0.29) is 0 Å². The molecule has 5 rings (SSSR count). The van der Waals surface area contributed by atoms with Gasteiger partial charge in [-0.1, -0.05) is 29.5 Å². The minimum Gasteiger partial charge on any atom is -0.345 e. The number of hydrogen-bond acceptors (Lipinski definition) is 4. The second kappa shape index (κ2) is 7.51. The Labute approximate surface area is 131 Å². The molecule has 0 bridgehead atoms. The molecule has 0 unspecified atom stereocenters. The van der Waals surface area contributed by atoms with Gasteiger partial charge < -0.3 is 9.97 Å². The third-order valence-electron chi connectivity index (χ3n) is 2.99. The van der Waals surface area contributed by atoms with E-state index in [2.05, 4.69) is 35.3 Å². The zero-order valence-corrected chi connectivity index (χ0v) is 12.2. The predicted molar refractivity (Wildman–Crippen MR) is 88.6 cm³/mol. The number of nitrogens with one attached hydrogen (secondary N) is 3. The average molecular weight is 305 g/mol. The molecule has 3 N–H and O–H groups in total. The molecule has 0 saturated heterocycles. The fourth-order valence-electron chi connectivity index (χ4n) is 1.93. The van der Waals surface area contributed by atoms with Gasteiger partial charge in [-0.25, -0.2) is 9.97 Å². The van der Waals surface area contributed by atoms with Crippen molar-refractivity contribution in [1.29, 1.82) is 0 Å². The van der Waals surface area contributed by atoms with Crippen molar-refractivity contribution in [3.8, 4) is 0 Å². The van der Waals surface area contributed by atoms with Crippen molar-refractivity contribution in [3.05, 3.63) is 73.6 Å². The lowest BCUT2D eigenvalue weighted by molar-refractivity contribution is 0.940. The number of H-pyrrole nitrogens is 3. The molecule has 0 aliphatic carbocycles. The summed E-state index contributed by atoms with van der Waals surface area (Å²) in [7, 11) is 0. The highest BCUT2D eigenvalue weighted by Gasteiger charge is 1.89. The average Bonchev–Trinajstić information content (AvgIpc) is 3.37. The Hall–Kier alpha value is -3.48. The number of nitrogens with zero attached hydrogens (tertiary/aromatic N) is 4. The van der Waals surface area contributed by atoms with Crippen LogP contribution in [0.5, 0.6) is 0 Å². The van der Waals surface area contributed by atoms with E-state index >= 15 is 0 Å². The molecule has 0 amide bonds. The topological polar surface area (TPSA) is 98.9 Å². The lowest BCUT2D eigenvalue weighted by Gasteiger charge is -1.81. The number of hydrogen-bond donors (Lipinski definition) is 3. The van der Waals surface area contributed by atoms with E-state index in [9.17, 15) is 0 Å². The summed E-state index contributed by atoms with van der Waals surface area (Å²) in [6, 6.07) is 15.9. The Morgan fingerprint density at radius 2 is 1.26 bits per heavy atom. The summed E-state index contributed by atoms with van der Waals surface area (Å²) in [6.45, 7) is 0. The quantitative estimate of drug-likeness (QED) is 0.409. The molecule has 0 spiro atoms. The molecule has 23 heavy (non-hydrogen) atoms. The van der Waals surface area contributed by atoms with Crippen molar-refractivity contribution in [3.63, 3.8) is 0 Å². The summed E-state index contributed by atoms with van der Waals surface area (Å²) in [4.78, 5) is 14.1. The molecule has 0 aliphatic rings. The Balaban J connectivity index is 0.000000107. The van der Waals surface area contributed by atoms with E-state index in [0.29, 0.717) is 0 Å². The van der Waals surface area contributed by atoms with Gasteiger partial charge >= 0.3 is 0 Å². The molecule has 114 valence electrons. The summed E-state index contributed by atoms with van der Waals surface area (Å²) < 4.78 is 0. The van der Waals surface area contributed by atoms with E-state index < -0.39 is 0 Å². The second-order valence-electron chi connectivity index (χ2n) is 4.50. The standard InChI is InChI=1S/2C7H6N2.C2H3N3/c2*1-2-4-7-6(3-1)8-5-9-7;1-2-4-5-3-1/h2*1-5H,(H,8,9);1-2H,(H,3,4,5). The zero-order chi connectivity index (χ0) is 15.7. The van der Waals surface area contributed by atoms with Crippen LogP contribution in [0.1, 0.15) is 0 Å². The lowest BCUT2D eigenvalue weighted by atomic mass is 10.3. The van der Waals surface area contributed by atoms with Crippen LogP contribution in [-0.4, -0.2) is 35.3 Å². The van der Waals surface area contributed by atoms with E-state index in [4.69, 9.17) is 0 Å². The molecular formula is C16H15N7. The van der Waals surface area contributed by atoms with Crippen molar-refractivity contribution in [1.82, 2.24) is 35.3 Å². The van der Waals surface area contributed by atoms with Gasteiger partial charge in [0.2, 0.25) is 0 Å². The maximum atomic E-state index is 4.06. The first kappa shape index (κ1) is 14.5. The predicted octanol–water partition coefficient (Wildman–Crippen LogP) is 2.93. The third-order valence-corrected chi connectivity index (χ3v) is 2.99. The van der Waals surface area contributed by atoms with Crippen LogP contribution in [-0.2, 0) is 0 Å². The van der Waals surface area contributed by atoms with E-state index in [1.54, 1.807) is 25.0 Å². The van der Waals surface area contributed by atoms with Crippen LogP contribution in [0.4, 0.5) is 0 Å². The number of imidazole rings is 2. The molecule has 5 aromatic rings. The first-order valence-corrected chi connectivity index (χ1v) is 7.00. The molecule has 3 heterocycles. The molecule has 0 radical (unpaired) electrons. The normalized spacial score (nSPS) is 9.74. The van der Waals surface area contributed by atoms with Crippen LogP contribution in [0.2, 0.25) is 0 Å². The Bertz CT molecular complexity index is 794. The van der Waals surface area contributed by atoms with Crippen molar-refractivity contribution in [2.75, 3.05) is 0 Å². The van der Waals surface area contributed by atoms with Gasteiger partial charge in [0.05, 0.1) is 40.9 Å². The fourth-order valence-corrected chi connectivity index (χ4v) is 1.93. The second-order valence-corrected chi connectivity index (χ2v) is 4.50. The van der Waals surface area contributed by atoms with Crippen LogP contribution in [0.3, 0.4) is 0 Å². The summed E-state index contributed by atoms with van der Waals surface area (Å²) in [6.07, 6.45) is 6.63. The summed E-state index contributed by atoms with van der Waals surface area (Å²) in [5.41, 5.74) is 4.24. The minimum absolute atomic E-state index is 1.03. The molecule has 3 aromatic heterocycles. The van der Waals surface area contributed by atoms with Crippen molar-refractivity contribution < 1.29 is 0 Å². The maximum Gasteiger partial charge on any atom is 0.0931 e. The summed E-state index contributed by atoms with van der Waals surface area (Å²) in [5, 5.41) is 9.26. The van der Waals surface area contributed by atoms with Gasteiger partial charge in [0.1, 0.15) is 0 Å². The van der Waals surface area contributed by atoms with Crippen LogP contribution < -0.4 is 0 Å². The first-order chi connectivity index (χ1) is 11.4. The highest BCUT2D eigenvalue weighted by molar-refractivity contribution is 5.74. The zero-order valence-electron chi connectivity index (χ0n) is 12.2. The van der Waals surface area contributed by atoms with Gasteiger partial charge in [0.15, 0.2) is 0 Å². The van der Waals surface area contributed by atoms with Crippen LogP contribution in [0.15, 0.2) is 73.6 Å². The molecule has 0 saturated carbocycles. The number of rotatable bonds is 0. The molecule has 7 heteroatoms. The summed E-state index contributed by atoms with van der Waals surface area (Å²) >= 11 is 0. The highest BCUT2D eigenvalue weighted by Crippen LogP contribution is 2.06. The fraction of sp³-hybridized carbons (Fsp3) is 0. The molecule has 0 fully saturated rings. The monoisotopic (exact) mass is 305 g/mol. The van der Waals surface area contributed by atoms with E-state index in [1.165, 1.54) is 0 Å². The Morgan fingerprint density at radius 1 is 0.696 bits per heavy atom. The first-order valence-electron chi connectivity index (χ1n) is 7.00. The van der Waals surface area contributed by atoms with Crippen LogP contribution in [0.25, 0.3) is 22.1 Å². The number of para-hydroxylation sites is 4. The van der Waals surface area contributed by atoms with E-state index in [1.807, 2.05) is 48.5 Å². The van der Waals surface area contributed by atoms with Gasteiger partial charge in [-0.15, -0.1) is 5.10 Å². The van der Waals surface area contributed by atoms with Gasteiger partial charge in [0, 0.05) is 6.20 Å². The smallest absolute Gasteiger partial charge is 0.0931 e. The lowest BCUT2D eigenvalue weighted by Crippen LogP contribution is -1.63. The highest BCUT2D eigenvalue weighted by atomic mass is 15.3. The largest absolute Gasteiger partial charge is 0.345 e. The molecule has 7 nitrogen and oxygen atoms in total. The van der Waals surface area contributed by atoms with Crippen LogP contribution >= 0.6 is 0 Å². The van der Waals surface area contributed by atoms with Crippen LogP contribution in [0, 0.1) is 0 Å². The van der Waals surface area contributed by atoms with Gasteiger partial charge in [-0.3, -0.25) is 5.10 Å². The SMILES string of the molecule is c1c[nH]nn1.c1ccc2[nH]cnc2c1.c1ccc2[nH]cnc2c1. The molecule has 2 aromatic carbocycles. The number of aromatic amines is 3. The third kappa shape index (κ3) is 4.01. The molecule has 0 atom stereocenters. The van der Waals surface area contributed by atoms with Crippen molar-refractivity contribution in [2.45, 2.75) is 0 Å². The van der Waals surface area contributed by atoms with Crippen molar-refractivity contribution >= 4 is 22.1 Å². The maximum absolute atomic E-state index is 4.06. The van der Waals surface area contributed by atoms with Crippen molar-refractivity contribution in [2.24, 2.45) is 0 Å². The number of aromatic nitrogens is 7. The van der Waals surface area contributed by atoms with E-state index in [0.717, 1.165) is 22.1 Å². The Kier molecular flexibility index (Phi) is 4.72. The Morgan fingerprint density at radius 3 is 1.65 bits per heavy atom. The van der Waals surface area contributed by atoms with Gasteiger partial charge in [-0.05, 0) is 24.3 Å².